The summed E-state index contributed by atoms with van der Waals surface area (Å²) in [6, 6.07) is 5.72. The number of urea groups is 1. The average molecular weight is 280 g/mol. The monoisotopic (exact) mass is 280 g/mol. The van der Waals surface area contributed by atoms with Crippen LogP contribution in [0.25, 0.3) is 0 Å². The van der Waals surface area contributed by atoms with Crippen molar-refractivity contribution in [2.75, 3.05) is 0 Å². The molecule has 0 heterocycles. The molecule has 0 spiro atoms. The third kappa shape index (κ3) is 3.46. The van der Waals surface area contributed by atoms with Crippen molar-refractivity contribution in [3.63, 3.8) is 0 Å². The van der Waals surface area contributed by atoms with E-state index in [9.17, 15) is 14.0 Å². The fraction of sp³-hybridized carbons (Fsp3) is 0.429. The van der Waals surface area contributed by atoms with E-state index in [0.29, 0.717) is 18.4 Å². The largest absolute Gasteiger partial charge is 0.481 e. The summed E-state index contributed by atoms with van der Waals surface area (Å²) < 4.78 is 13.4. The Kier molecular flexibility index (Phi) is 4.22. The van der Waals surface area contributed by atoms with Crippen LogP contribution in [0.5, 0.6) is 0 Å². The number of halogens is 1. The Balaban J connectivity index is 1.86. The standard InChI is InChI=1S/C14H17FN2O3/c15-11-5-2-1-4-10(11)9-16-13(20)17-14(6-3-7-14)8-12(18)19/h1-2,4-5H,3,6-9H2,(H,18,19)(H2,16,17,20). The number of nitrogens with one attached hydrogen (secondary N) is 2. The second-order valence-corrected chi connectivity index (χ2v) is 5.10. The average Bonchev–Trinajstić information content (AvgIpc) is 2.34. The van der Waals surface area contributed by atoms with Gasteiger partial charge >= 0.3 is 12.0 Å². The summed E-state index contributed by atoms with van der Waals surface area (Å²) in [6.45, 7) is 0.0711. The third-order valence-corrected chi connectivity index (χ3v) is 3.58. The van der Waals surface area contributed by atoms with Gasteiger partial charge in [-0.05, 0) is 25.3 Å². The molecule has 0 aromatic heterocycles. The van der Waals surface area contributed by atoms with E-state index in [1.807, 2.05) is 0 Å². The van der Waals surface area contributed by atoms with E-state index in [2.05, 4.69) is 10.6 Å². The Bertz CT molecular complexity index is 515. The maximum atomic E-state index is 13.4. The zero-order valence-corrected chi connectivity index (χ0v) is 11.0. The van der Waals surface area contributed by atoms with Gasteiger partial charge in [0.1, 0.15) is 5.82 Å². The first-order valence-corrected chi connectivity index (χ1v) is 6.52. The van der Waals surface area contributed by atoms with Crippen LogP contribution in [0.4, 0.5) is 9.18 Å². The predicted molar refractivity (Wildman–Crippen MR) is 70.6 cm³/mol. The maximum absolute atomic E-state index is 13.4. The molecule has 5 nitrogen and oxygen atoms in total. The third-order valence-electron chi connectivity index (χ3n) is 3.58. The molecule has 0 radical (unpaired) electrons. The van der Waals surface area contributed by atoms with Crippen LogP contribution < -0.4 is 10.6 Å². The van der Waals surface area contributed by atoms with Crippen LogP contribution in [-0.2, 0) is 11.3 Å². The fourth-order valence-electron chi connectivity index (χ4n) is 2.34. The molecule has 0 saturated heterocycles. The van der Waals surface area contributed by atoms with E-state index in [1.165, 1.54) is 6.07 Å². The van der Waals surface area contributed by atoms with Crippen LogP contribution in [0.15, 0.2) is 24.3 Å². The van der Waals surface area contributed by atoms with Gasteiger partial charge in [0.25, 0.3) is 0 Å². The molecule has 20 heavy (non-hydrogen) atoms. The highest BCUT2D eigenvalue weighted by molar-refractivity contribution is 5.77. The molecule has 2 rings (SSSR count). The molecular weight excluding hydrogens is 263 g/mol. The minimum Gasteiger partial charge on any atom is -0.481 e. The normalized spacial score (nSPS) is 16.1. The number of hydrogen-bond acceptors (Lipinski definition) is 2. The van der Waals surface area contributed by atoms with Crippen molar-refractivity contribution in [3.8, 4) is 0 Å². The number of rotatable bonds is 5. The summed E-state index contributed by atoms with van der Waals surface area (Å²) in [5.74, 6) is -1.31. The summed E-state index contributed by atoms with van der Waals surface area (Å²) in [7, 11) is 0. The van der Waals surface area contributed by atoms with Gasteiger partial charge in [-0.3, -0.25) is 4.79 Å². The van der Waals surface area contributed by atoms with Gasteiger partial charge in [0.05, 0.1) is 12.0 Å². The molecule has 1 aliphatic rings. The first-order chi connectivity index (χ1) is 9.51. The van der Waals surface area contributed by atoms with E-state index < -0.39 is 17.5 Å². The number of amides is 2. The van der Waals surface area contributed by atoms with E-state index >= 15 is 0 Å². The quantitative estimate of drug-likeness (QED) is 0.772. The Hall–Kier alpha value is -2.11. The molecule has 1 saturated carbocycles. The van der Waals surface area contributed by atoms with E-state index in [1.54, 1.807) is 18.2 Å². The summed E-state index contributed by atoms with van der Waals surface area (Å²) in [4.78, 5) is 22.6. The van der Waals surface area contributed by atoms with Gasteiger partial charge in [-0.1, -0.05) is 18.2 Å². The molecule has 2 amide bonds. The molecule has 1 aromatic rings. The number of carboxylic acids is 1. The minimum atomic E-state index is -0.931. The molecule has 1 aliphatic carbocycles. The van der Waals surface area contributed by atoms with Crippen molar-refractivity contribution in [2.24, 2.45) is 0 Å². The first kappa shape index (κ1) is 14.3. The van der Waals surface area contributed by atoms with E-state index in [4.69, 9.17) is 5.11 Å². The second-order valence-electron chi connectivity index (χ2n) is 5.10. The van der Waals surface area contributed by atoms with Crippen LogP contribution in [-0.4, -0.2) is 22.6 Å². The van der Waals surface area contributed by atoms with Crippen molar-refractivity contribution in [2.45, 2.75) is 37.8 Å². The predicted octanol–water partition coefficient (Wildman–Crippen LogP) is 2.02. The smallest absolute Gasteiger partial charge is 0.315 e. The zero-order valence-electron chi connectivity index (χ0n) is 11.0. The summed E-state index contributed by atoms with van der Waals surface area (Å²) in [5, 5.41) is 14.1. The topological polar surface area (TPSA) is 78.4 Å². The first-order valence-electron chi connectivity index (χ1n) is 6.52. The Morgan fingerprint density at radius 1 is 1.30 bits per heavy atom. The van der Waals surface area contributed by atoms with Crippen LogP contribution in [0.1, 0.15) is 31.2 Å². The second kappa shape index (κ2) is 5.90. The molecule has 3 N–H and O–H groups in total. The number of hydrogen-bond donors (Lipinski definition) is 3. The Morgan fingerprint density at radius 3 is 2.55 bits per heavy atom. The van der Waals surface area contributed by atoms with Crippen LogP contribution in [0, 0.1) is 5.82 Å². The van der Waals surface area contributed by atoms with E-state index in [-0.39, 0.29) is 18.8 Å². The lowest BCUT2D eigenvalue weighted by Crippen LogP contribution is -2.57. The summed E-state index contributed by atoms with van der Waals surface area (Å²) >= 11 is 0. The highest BCUT2D eigenvalue weighted by Crippen LogP contribution is 2.34. The molecule has 0 atom stereocenters. The molecule has 1 aromatic carbocycles. The SMILES string of the molecule is O=C(O)CC1(NC(=O)NCc2ccccc2F)CCC1. The Morgan fingerprint density at radius 2 is 2.00 bits per heavy atom. The van der Waals surface area contributed by atoms with Gasteiger partial charge in [-0.2, -0.15) is 0 Å². The number of carbonyl (C=O) groups is 2. The zero-order chi connectivity index (χ0) is 14.6. The number of carbonyl (C=O) groups excluding carboxylic acids is 1. The van der Waals surface area contributed by atoms with Gasteiger partial charge in [0.15, 0.2) is 0 Å². The fourth-order valence-corrected chi connectivity index (χ4v) is 2.34. The van der Waals surface area contributed by atoms with E-state index in [0.717, 1.165) is 6.42 Å². The highest BCUT2D eigenvalue weighted by Gasteiger charge is 2.40. The molecule has 0 unspecified atom stereocenters. The lowest BCUT2D eigenvalue weighted by atomic mass is 9.74. The molecule has 0 aliphatic heterocycles. The van der Waals surface area contributed by atoms with Crippen molar-refractivity contribution >= 4 is 12.0 Å². The van der Waals surface area contributed by atoms with Gasteiger partial charge in [-0.15, -0.1) is 0 Å². The van der Waals surface area contributed by atoms with Crippen molar-refractivity contribution in [1.29, 1.82) is 0 Å². The van der Waals surface area contributed by atoms with Crippen LogP contribution in [0.2, 0.25) is 0 Å². The molecule has 6 heteroatoms. The molecule has 1 fully saturated rings. The number of carboxylic acid groups (broad SMARTS) is 1. The summed E-state index contributed by atoms with van der Waals surface area (Å²) in [6.07, 6.45) is 2.14. The molecule has 108 valence electrons. The van der Waals surface area contributed by atoms with Crippen molar-refractivity contribution in [3.05, 3.63) is 35.6 Å². The van der Waals surface area contributed by atoms with Gasteiger partial charge in [-0.25, -0.2) is 9.18 Å². The van der Waals surface area contributed by atoms with Gasteiger partial charge < -0.3 is 15.7 Å². The Labute approximate surface area is 116 Å². The highest BCUT2D eigenvalue weighted by atomic mass is 19.1. The lowest BCUT2D eigenvalue weighted by Gasteiger charge is -2.41. The minimum absolute atomic E-state index is 0.0711. The maximum Gasteiger partial charge on any atom is 0.315 e. The van der Waals surface area contributed by atoms with Crippen molar-refractivity contribution < 1.29 is 19.1 Å². The van der Waals surface area contributed by atoms with Crippen LogP contribution >= 0.6 is 0 Å². The molecule has 0 bridgehead atoms. The number of benzene rings is 1. The number of aliphatic carboxylic acids is 1. The molecular formula is C14H17FN2O3. The lowest BCUT2D eigenvalue weighted by molar-refractivity contribution is -0.139. The summed E-state index contributed by atoms with van der Waals surface area (Å²) in [5.41, 5.74) is -0.255. The van der Waals surface area contributed by atoms with Gasteiger partial charge in [0.2, 0.25) is 0 Å². The van der Waals surface area contributed by atoms with Crippen LogP contribution in [0.3, 0.4) is 0 Å². The van der Waals surface area contributed by atoms with Gasteiger partial charge in [0, 0.05) is 12.1 Å². The van der Waals surface area contributed by atoms with Crippen molar-refractivity contribution in [1.82, 2.24) is 10.6 Å².